The van der Waals surface area contributed by atoms with Gasteiger partial charge in [-0.1, -0.05) is 86.6 Å². The van der Waals surface area contributed by atoms with Crippen molar-refractivity contribution < 1.29 is 42.0 Å². The normalized spacial score (nSPS) is 17.3. The molecule has 4 unspecified atom stereocenters. The largest absolute Gasteiger partial charge is 0.445 e. The predicted octanol–water partition coefficient (Wildman–Crippen LogP) is 2.82. The molecule has 0 bridgehead atoms. The zero-order valence-electron chi connectivity index (χ0n) is 27.5. The number of piperidine rings is 1. The van der Waals surface area contributed by atoms with Crippen molar-refractivity contribution >= 4 is 44.7 Å². The van der Waals surface area contributed by atoms with Crippen LogP contribution >= 0.6 is 0 Å². The van der Waals surface area contributed by atoms with Gasteiger partial charge in [0, 0.05) is 18.9 Å². The summed E-state index contributed by atoms with van der Waals surface area (Å²) in [4.78, 5) is 53.0. The number of hydrogen-bond donors (Lipinski definition) is 6. The molecule has 6 N–H and O–H groups in total. The van der Waals surface area contributed by atoms with Crippen molar-refractivity contribution in [3.8, 4) is 0 Å². The summed E-state index contributed by atoms with van der Waals surface area (Å²) in [6.07, 6.45) is 0.0460. The third kappa shape index (κ3) is 11.0. The standard InChI is InChI=1S/C35H44N4O9S/c1-22(2)18-28(32(41)38-30(34(43)49(45,46)47)20-26-15-9-17-36-31(26)40)37-33(42)29(39-35(44)48-21-23-10-4-3-5-11-23)19-25-14-8-13-24-12-6-7-16-27(24)25/h3-8,10-14,16,22,26,28-30,34,43H,9,15,17-21H2,1-2H3,(H,36,40)(H,37,42)(H,38,41)(H,39,44)(H,45,46,47)/t26-,28?,29?,30?,34?/m0/s1. The molecular weight excluding hydrogens is 652 g/mol. The second-order valence-electron chi connectivity index (χ2n) is 12.7. The summed E-state index contributed by atoms with van der Waals surface area (Å²) in [7, 11) is -5.03. The summed E-state index contributed by atoms with van der Waals surface area (Å²) < 4.78 is 38.9. The van der Waals surface area contributed by atoms with Gasteiger partial charge in [0.2, 0.25) is 23.2 Å². The number of ether oxygens (including phenoxy) is 1. The highest BCUT2D eigenvalue weighted by atomic mass is 32.2. The van der Waals surface area contributed by atoms with Gasteiger partial charge in [0.25, 0.3) is 10.1 Å². The predicted molar refractivity (Wildman–Crippen MR) is 182 cm³/mol. The molecule has 14 heteroatoms. The molecule has 0 aromatic heterocycles. The third-order valence-electron chi connectivity index (χ3n) is 8.38. The number of rotatable bonds is 15. The van der Waals surface area contributed by atoms with Gasteiger partial charge in [-0.05, 0) is 53.5 Å². The molecule has 0 aliphatic carbocycles. The Balaban J connectivity index is 1.56. The third-order valence-corrected chi connectivity index (χ3v) is 9.32. The van der Waals surface area contributed by atoms with Crippen molar-refractivity contribution in [3.63, 3.8) is 0 Å². The first-order valence-corrected chi connectivity index (χ1v) is 17.8. The maximum atomic E-state index is 13.9. The average molecular weight is 697 g/mol. The highest BCUT2D eigenvalue weighted by Crippen LogP contribution is 2.22. The molecule has 1 fully saturated rings. The molecule has 3 aromatic carbocycles. The van der Waals surface area contributed by atoms with Gasteiger partial charge in [0.1, 0.15) is 18.7 Å². The SMILES string of the molecule is CC(C)CC(NC(=O)C(Cc1cccc2ccccc12)NC(=O)OCc1ccccc1)C(=O)NC(C[C@@H]1CCCNC1=O)C(O)S(=O)(=O)O. The van der Waals surface area contributed by atoms with E-state index in [9.17, 15) is 37.3 Å². The van der Waals surface area contributed by atoms with Gasteiger partial charge in [-0.15, -0.1) is 0 Å². The minimum atomic E-state index is -5.03. The highest BCUT2D eigenvalue weighted by molar-refractivity contribution is 7.86. The number of nitrogens with one attached hydrogen (secondary N) is 4. The molecule has 0 radical (unpaired) electrons. The van der Waals surface area contributed by atoms with Crippen LogP contribution in [0.3, 0.4) is 0 Å². The van der Waals surface area contributed by atoms with E-state index in [1.165, 1.54) is 0 Å². The Labute approximate surface area is 285 Å². The molecule has 0 saturated carbocycles. The van der Waals surface area contributed by atoms with Crippen molar-refractivity contribution in [1.29, 1.82) is 0 Å². The number of aliphatic hydroxyl groups is 1. The Bertz CT molecular complexity index is 1710. The number of carbonyl (C=O) groups excluding carboxylic acids is 4. The summed E-state index contributed by atoms with van der Waals surface area (Å²) >= 11 is 0. The molecule has 5 atom stereocenters. The first kappa shape index (κ1) is 37.3. The highest BCUT2D eigenvalue weighted by Gasteiger charge is 2.38. The van der Waals surface area contributed by atoms with Crippen LogP contribution in [0.25, 0.3) is 10.8 Å². The number of amides is 4. The number of fused-ring (bicyclic) bond motifs is 1. The van der Waals surface area contributed by atoms with Crippen molar-refractivity contribution in [2.45, 2.75) is 76.1 Å². The molecule has 49 heavy (non-hydrogen) atoms. The summed E-state index contributed by atoms with van der Waals surface area (Å²) in [5.74, 6) is -2.75. The van der Waals surface area contributed by atoms with E-state index in [4.69, 9.17) is 4.74 Å². The Morgan fingerprint density at radius 3 is 2.29 bits per heavy atom. The van der Waals surface area contributed by atoms with Crippen LogP contribution in [0.15, 0.2) is 72.8 Å². The van der Waals surface area contributed by atoms with Crippen LogP contribution in [0.2, 0.25) is 0 Å². The number of carbonyl (C=O) groups is 4. The molecule has 0 spiro atoms. The Morgan fingerprint density at radius 1 is 0.918 bits per heavy atom. The quantitative estimate of drug-likeness (QED) is 0.129. The molecule has 1 heterocycles. The number of benzene rings is 3. The topological polar surface area (TPSA) is 200 Å². The first-order chi connectivity index (χ1) is 23.3. The van der Waals surface area contributed by atoms with Crippen molar-refractivity contribution in [3.05, 3.63) is 83.9 Å². The maximum absolute atomic E-state index is 13.9. The lowest BCUT2D eigenvalue weighted by Crippen LogP contribution is -2.58. The first-order valence-electron chi connectivity index (χ1n) is 16.3. The van der Waals surface area contributed by atoms with Gasteiger partial charge in [-0.25, -0.2) is 4.79 Å². The van der Waals surface area contributed by atoms with E-state index in [0.717, 1.165) is 21.9 Å². The Morgan fingerprint density at radius 2 is 1.59 bits per heavy atom. The minimum Gasteiger partial charge on any atom is -0.445 e. The van der Waals surface area contributed by atoms with Crippen LogP contribution in [0.1, 0.15) is 50.7 Å². The van der Waals surface area contributed by atoms with Crippen LogP contribution in [0.5, 0.6) is 0 Å². The number of aliphatic hydroxyl groups excluding tert-OH is 1. The summed E-state index contributed by atoms with van der Waals surface area (Å²) in [6.45, 7) is 4.04. The Kier molecular flexibility index (Phi) is 13.1. The van der Waals surface area contributed by atoms with Crippen LogP contribution in [0.4, 0.5) is 4.79 Å². The molecule has 4 rings (SSSR count). The lowest BCUT2D eigenvalue weighted by atomic mass is 9.91. The van der Waals surface area contributed by atoms with Crippen molar-refractivity contribution in [1.82, 2.24) is 21.3 Å². The van der Waals surface area contributed by atoms with Gasteiger partial charge >= 0.3 is 6.09 Å². The Hall–Kier alpha value is -4.53. The van der Waals surface area contributed by atoms with Crippen LogP contribution in [-0.4, -0.2) is 72.0 Å². The fourth-order valence-electron chi connectivity index (χ4n) is 5.89. The van der Waals surface area contributed by atoms with Gasteiger partial charge in [-0.3, -0.25) is 18.9 Å². The van der Waals surface area contributed by atoms with E-state index in [-0.39, 0.29) is 37.7 Å². The second-order valence-corrected chi connectivity index (χ2v) is 14.2. The molecule has 4 amide bonds. The number of hydrogen-bond acceptors (Lipinski definition) is 8. The zero-order valence-corrected chi connectivity index (χ0v) is 28.3. The smallest absolute Gasteiger partial charge is 0.408 e. The molecule has 264 valence electrons. The van der Waals surface area contributed by atoms with Gasteiger partial charge in [0.15, 0.2) is 0 Å². The van der Waals surface area contributed by atoms with Crippen LogP contribution < -0.4 is 21.3 Å². The monoisotopic (exact) mass is 696 g/mol. The lowest BCUT2D eigenvalue weighted by Gasteiger charge is -2.30. The van der Waals surface area contributed by atoms with E-state index < -0.39 is 57.5 Å². The molecule has 1 saturated heterocycles. The van der Waals surface area contributed by atoms with E-state index in [1.54, 1.807) is 24.3 Å². The zero-order chi connectivity index (χ0) is 35.6. The van der Waals surface area contributed by atoms with E-state index in [2.05, 4.69) is 21.3 Å². The van der Waals surface area contributed by atoms with E-state index in [0.29, 0.717) is 19.4 Å². The van der Waals surface area contributed by atoms with Gasteiger partial charge < -0.3 is 31.1 Å². The second kappa shape index (κ2) is 17.2. The van der Waals surface area contributed by atoms with Crippen LogP contribution in [0, 0.1) is 11.8 Å². The average Bonchev–Trinajstić information content (AvgIpc) is 3.07. The fourth-order valence-corrected chi connectivity index (χ4v) is 6.48. The minimum absolute atomic E-state index is 0.0375. The van der Waals surface area contributed by atoms with E-state index in [1.807, 2.05) is 62.4 Å². The van der Waals surface area contributed by atoms with Crippen LogP contribution in [-0.2, 0) is 42.3 Å². The van der Waals surface area contributed by atoms with Crippen molar-refractivity contribution in [2.24, 2.45) is 11.8 Å². The van der Waals surface area contributed by atoms with Gasteiger partial charge in [0.05, 0.1) is 6.04 Å². The maximum Gasteiger partial charge on any atom is 0.408 e. The summed E-state index contributed by atoms with van der Waals surface area (Å²) in [5, 5.41) is 22.8. The molecule has 1 aliphatic heterocycles. The lowest BCUT2D eigenvalue weighted by molar-refractivity contribution is -0.131. The molecular formula is C35H44N4O9S. The molecule has 13 nitrogen and oxygen atoms in total. The summed E-state index contributed by atoms with van der Waals surface area (Å²) in [5.41, 5.74) is -0.913. The van der Waals surface area contributed by atoms with Crippen molar-refractivity contribution in [2.75, 3.05) is 6.54 Å². The van der Waals surface area contributed by atoms with Gasteiger partial charge in [-0.2, -0.15) is 8.42 Å². The number of alkyl carbamates (subject to hydrolysis) is 1. The molecule has 3 aromatic rings. The molecule has 1 aliphatic rings. The summed E-state index contributed by atoms with van der Waals surface area (Å²) in [6, 6.07) is 18.2. The van der Waals surface area contributed by atoms with E-state index >= 15 is 0 Å². The fraction of sp³-hybridized carbons (Fsp3) is 0.429.